The lowest BCUT2D eigenvalue weighted by molar-refractivity contribution is 0.0927. The van der Waals surface area contributed by atoms with Gasteiger partial charge in [-0.05, 0) is 22.8 Å². The third kappa shape index (κ3) is 2.44. The number of nitrogen functional groups attached to an aromatic ring is 1. The van der Waals surface area contributed by atoms with Crippen molar-refractivity contribution in [2.75, 3.05) is 0 Å². The van der Waals surface area contributed by atoms with Crippen molar-refractivity contribution in [3.05, 3.63) is 72.7 Å². The number of carbonyl (C=O) groups is 1. The fourth-order valence-electron chi connectivity index (χ4n) is 2.35. The summed E-state index contributed by atoms with van der Waals surface area (Å²) in [6.07, 6.45) is 1.49. The zero-order chi connectivity index (χ0) is 14.7. The highest BCUT2D eigenvalue weighted by atomic mass is 16.3. The lowest BCUT2D eigenvalue weighted by Crippen LogP contribution is -2.30. The van der Waals surface area contributed by atoms with Crippen LogP contribution in [0, 0.1) is 0 Å². The number of hydrogen-bond acceptors (Lipinski definition) is 3. The Hall–Kier alpha value is -2.85. The first-order valence-electron chi connectivity index (χ1n) is 6.54. The van der Waals surface area contributed by atoms with Crippen LogP contribution in [-0.2, 0) is 0 Å². The Bertz CT molecular complexity index is 763. The van der Waals surface area contributed by atoms with Crippen LogP contribution in [0.5, 0.6) is 0 Å². The van der Waals surface area contributed by atoms with Crippen LogP contribution in [0.25, 0.3) is 22.3 Å². The molecule has 0 bridgehead atoms. The molecule has 2 aromatic carbocycles. The van der Waals surface area contributed by atoms with Gasteiger partial charge in [-0.3, -0.25) is 10.2 Å². The molecule has 4 nitrogen and oxygen atoms in total. The molecule has 0 unspecified atom stereocenters. The molecule has 1 aromatic heterocycles. The molecule has 3 rings (SSSR count). The molecule has 0 aliphatic carbocycles. The van der Waals surface area contributed by atoms with Crippen LogP contribution in [0.15, 0.2) is 71.3 Å². The van der Waals surface area contributed by atoms with E-state index in [1.54, 1.807) is 6.07 Å². The SMILES string of the molecule is NNC(=O)c1occc1-c1ccccc1-c1ccccc1. The van der Waals surface area contributed by atoms with Gasteiger partial charge in [-0.1, -0.05) is 54.6 Å². The van der Waals surface area contributed by atoms with E-state index < -0.39 is 5.91 Å². The van der Waals surface area contributed by atoms with E-state index >= 15 is 0 Å². The number of benzene rings is 2. The van der Waals surface area contributed by atoms with Gasteiger partial charge in [-0.15, -0.1) is 0 Å². The lowest BCUT2D eigenvalue weighted by Gasteiger charge is -2.09. The van der Waals surface area contributed by atoms with E-state index in [2.05, 4.69) is 5.43 Å². The molecule has 21 heavy (non-hydrogen) atoms. The van der Waals surface area contributed by atoms with Gasteiger partial charge >= 0.3 is 5.91 Å². The maximum Gasteiger partial charge on any atom is 0.301 e. The van der Waals surface area contributed by atoms with E-state index in [1.807, 2.05) is 54.6 Å². The minimum atomic E-state index is -0.446. The molecule has 0 saturated heterocycles. The third-order valence-corrected chi connectivity index (χ3v) is 3.30. The number of rotatable bonds is 3. The molecule has 0 atom stereocenters. The van der Waals surface area contributed by atoms with Gasteiger partial charge < -0.3 is 4.42 Å². The highest BCUT2D eigenvalue weighted by Crippen LogP contribution is 2.34. The van der Waals surface area contributed by atoms with E-state index in [0.29, 0.717) is 0 Å². The van der Waals surface area contributed by atoms with Gasteiger partial charge in [0.2, 0.25) is 0 Å². The molecular weight excluding hydrogens is 264 g/mol. The quantitative estimate of drug-likeness (QED) is 0.439. The van der Waals surface area contributed by atoms with Crippen LogP contribution >= 0.6 is 0 Å². The summed E-state index contributed by atoms with van der Waals surface area (Å²) < 4.78 is 5.27. The Morgan fingerprint density at radius 1 is 0.857 bits per heavy atom. The molecule has 0 aliphatic heterocycles. The van der Waals surface area contributed by atoms with Gasteiger partial charge in [-0.25, -0.2) is 5.84 Å². The maximum atomic E-state index is 11.8. The van der Waals surface area contributed by atoms with Crippen LogP contribution in [0.1, 0.15) is 10.6 Å². The summed E-state index contributed by atoms with van der Waals surface area (Å²) >= 11 is 0. The molecule has 0 fully saturated rings. The predicted octanol–water partition coefficient (Wildman–Crippen LogP) is 3.22. The molecule has 0 aliphatic rings. The molecule has 0 spiro atoms. The number of nitrogens with two attached hydrogens (primary N) is 1. The van der Waals surface area contributed by atoms with Crippen molar-refractivity contribution in [2.24, 2.45) is 5.84 Å². The van der Waals surface area contributed by atoms with Crippen molar-refractivity contribution in [1.29, 1.82) is 0 Å². The van der Waals surface area contributed by atoms with Gasteiger partial charge in [0.15, 0.2) is 5.76 Å². The monoisotopic (exact) mass is 278 g/mol. The number of hydrogen-bond donors (Lipinski definition) is 2. The molecule has 0 saturated carbocycles. The topological polar surface area (TPSA) is 68.3 Å². The minimum Gasteiger partial charge on any atom is -0.458 e. The van der Waals surface area contributed by atoms with E-state index in [0.717, 1.165) is 22.3 Å². The summed E-state index contributed by atoms with van der Waals surface area (Å²) in [5.41, 5.74) is 5.86. The largest absolute Gasteiger partial charge is 0.458 e. The third-order valence-electron chi connectivity index (χ3n) is 3.30. The van der Waals surface area contributed by atoms with Gasteiger partial charge in [-0.2, -0.15) is 0 Å². The predicted molar refractivity (Wildman–Crippen MR) is 81.2 cm³/mol. The van der Waals surface area contributed by atoms with Crippen LogP contribution in [0.2, 0.25) is 0 Å². The smallest absolute Gasteiger partial charge is 0.301 e. The zero-order valence-electron chi connectivity index (χ0n) is 11.2. The standard InChI is InChI=1S/C17H14N2O2/c18-19-17(20)16-15(10-11-21-16)14-9-5-4-8-13(14)12-6-2-1-3-7-12/h1-11H,18H2,(H,19,20). The van der Waals surface area contributed by atoms with Crippen molar-refractivity contribution in [3.63, 3.8) is 0 Å². The summed E-state index contributed by atoms with van der Waals surface area (Å²) in [4.78, 5) is 11.8. The van der Waals surface area contributed by atoms with Crippen LogP contribution in [0.3, 0.4) is 0 Å². The van der Waals surface area contributed by atoms with Gasteiger partial charge in [0, 0.05) is 5.56 Å². The second kappa shape index (κ2) is 5.64. The Labute approximate surface area is 122 Å². The van der Waals surface area contributed by atoms with E-state index in [-0.39, 0.29) is 5.76 Å². The highest BCUT2D eigenvalue weighted by molar-refractivity contribution is 6.00. The summed E-state index contributed by atoms with van der Waals surface area (Å²) in [6.45, 7) is 0. The molecule has 0 radical (unpaired) electrons. The molecule has 3 aromatic rings. The van der Waals surface area contributed by atoms with Gasteiger partial charge in [0.05, 0.1) is 6.26 Å². The van der Waals surface area contributed by atoms with E-state index in [9.17, 15) is 4.79 Å². The Kier molecular flexibility index (Phi) is 3.53. The van der Waals surface area contributed by atoms with E-state index in [1.165, 1.54) is 6.26 Å². The minimum absolute atomic E-state index is 0.209. The first-order chi connectivity index (χ1) is 10.3. The lowest BCUT2D eigenvalue weighted by atomic mass is 9.95. The fourth-order valence-corrected chi connectivity index (χ4v) is 2.35. The average Bonchev–Trinajstić information content (AvgIpc) is 3.04. The second-order valence-electron chi connectivity index (χ2n) is 4.55. The second-order valence-corrected chi connectivity index (χ2v) is 4.55. The number of hydrazine groups is 1. The van der Waals surface area contributed by atoms with Crippen molar-refractivity contribution in [2.45, 2.75) is 0 Å². The Balaban J connectivity index is 2.17. The maximum absolute atomic E-state index is 11.8. The highest BCUT2D eigenvalue weighted by Gasteiger charge is 2.18. The summed E-state index contributed by atoms with van der Waals surface area (Å²) in [7, 11) is 0. The van der Waals surface area contributed by atoms with Crippen molar-refractivity contribution >= 4 is 5.91 Å². The summed E-state index contributed by atoms with van der Waals surface area (Å²) in [5, 5.41) is 0. The van der Waals surface area contributed by atoms with Gasteiger partial charge in [0.1, 0.15) is 0 Å². The molecule has 1 amide bonds. The summed E-state index contributed by atoms with van der Waals surface area (Å²) in [5.74, 6) is 4.96. The van der Waals surface area contributed by atoms with Crippen molar-refractivity contribution in [1.82, 2.24) is 5.43 Å². The van der Waals surface area contributed by atoms with Crippen LogP contribution in [-0.4, -0.2) is 5.91 Å². The molecule has 1 heterocycles. The molecular formula is C17H14N2O2. The number of carbonyl (C=O) groups excluding carboxylic acids is 1. The zero-order valence-corrected chi connectivity index (χ0v) is 11.2. The van der Waals surface area contributed by atoms with Crippen LogP contribution in [0.4, 0.5) is 0 Å². The first kappa shape index (κ1) is 13.1. The molecule has 3 N–H and O–H groups in total. The first-order valence-corrected chi connectivity index (χ1v) is 6.54. The number of furan rings is 1. The van der Waals surface area contributed by atoms with E-state index in [4.69, 9.17) is 10.3 Å². The molecule has 104 valence electrons. The average molecular weight is 278 g/mol. The van der Waals surface area contributed by atoms with Crippen LogP contribution < -0.4 is 11.3 Å². The Morgan fingerprint density at radius 3 is 2.24 bits per heavy atom. The Morgan fingerprint density at radius 2 is 1.52 bits per heavy atom. The molecule has 4 heteroatoms. The number of amides is 1. The normalized spacial score (nSPS) is 10.3. The summed E-state index contributed by atoms with van der Waals surface area (Å²) in [6, 6.07) is 19.6. The fraction of sp³-hybridized carbons (Fsp3) is 0. The number of nitrogens with one attached hydrogen (secondary N) is 1. The van der Waals surface area contributed by atoms with Gasteiger partial charge in [0.25, 0.3) is 0 Å². The van der Waals surface area contributed by atoms with Crippen molar-refractivity contribution in [3.8, 4) is 22.3 Å². The van der Waals surface area contributed by atoms with Crippen molar-refractivity contribution < 1.29 is 9.21 Å².